The predicted octanol–water partition coefficient (Wildman–Crippen LogP) is 6.84. The average Bonchev–Trinajstić information content (AvgIpc) is 2.81. The van der Waals surface area contributed by atoms with Crippen LogP contribution >= 0.6 is 0 Å². The van der Waals surface area contributed by atoms with Crippen molar-refractivity contribution in [3.63, 3.8) is 0 Å². The second-order valence-electron chi connectivity index (χ2n) is 8.28. The largest absolute Gasteiger partial charge is 0.489 e. The van der Waals surface area contributed by atoms with E-state index >= 15 is 0 Å². The van der Waals surface area contributed by atoms with Crippen LogP contribution in [0.2, 0.25) is 0 Å². The number of hydrogen-bond acceptors (Lipinski definition) is 2. The molecule has 0 bridgehead atoms. The Morgan fingerprint density at radius 3 is 2.39 bits per heavy atom. The molecule has 4 aromatic carbocycles. The Kier molecular flexibility index (Phi) is 7.01. The smallest absolute Gasteiger partial charge is 0.124 e. The van der Waals surface area contributed by atoms with Gasteiger partial charge >= 0.3 is 0 Å². The van der Waals surface area contributed by atoms with E-state index in [2.05, 4.69) is 110 Å². The SMILES string of the molecule is Cc1ccccc1COc1ccc2ccccc2c1CN[C@@H](C)CCc1ccccc1. The van der Waals surface area contributed by atoms with Crippen LogP contribution < -0.4 is 10.1 Å². The highest BCUT2D eigenvalue weighted by Crippen LogP contribution is 2.29. The van der Waals surface area contributed by atoms with Gasteiger partial charge in [-0.15, -0.1) is 0 Å². The highest BCUT2D eigenvalue weighted by atomic mass is 16.5. The van der Waals surface area contributed by atoms with Crippen molar-refractivity contribution in [3.8, 4) is 5.75 Å². The molecule has 1 atom stereocenters. The van der Waals surface area contributed by atoms with Gasteiger partial charge < -0.3 is 10.1 Å². The average molecular weight is 410 g/mol. The van der Waals surface area contributed by atoms with Gasteiger partial charge in [-0.25, -0.2) is 0 Å². The summed E-state index contributed by atoms with van der Waals surface area (Å²) in [4.78, 5) is 0. The molecule has 0 aromatic heterocycles. The quantitative estimate of drug-likeness (QED) is 0.327. The first-order chi connectivity index (χ1) is 15.2. The van der Waals surface area contributed by atoms with Gasteiger partial charge in [-0.2, -0.15) is 0 Å². The van der Waals surface area contributed by atoms with E-state index in [4.69, 9.17) is 4.74 Å². The molecule has 0 fully saturated rings. The maximum absolute atomic E-state index is 6.33. The summed E-state index contributed by atoms with van der Waals surface area (Å²) in [6, 6.07) is 32.4. The van der Waals surface area contributed by atoms with Gasteiger partial charge in [0, 0.05) is 18.2 Å². The van der Waals surface area contributed by atoms with Gasteiger partial charge in [0.05, 0.1) is 0 Å². The molecule has 0 saturated carbocycles. The van der Waals surface area contributed by atoms with Gasteiger partial charge in [-0.05, 0) is 60.2 Å². The molecule has 0 radical (unpaired) electrons. The maximum atomic E-state index is 6.33. The van der Waals surface area contributed by atoms with Crippen LogP contribution in [0.1, 0.15) is 35.6 Å². The lowest BCUT2D eigenvalue weighted by molar-refractivity contribution is 0.301. The number of hydrogen-bond donors (Lipinski definition) is 1. The predicted molar refractivity (Wildman–Crippen MR) is 131 cm³/mol. The first-order valence-electron chi connectivity index (χ1n) is 11.2. The van der Waals surface area contributed by atoms with Crippen molar-refractivity contribution in [3.05, 3.63) is 113 Å². The third kappa shape index (κ3) is 5.53. The molecule has 4 rings (SSSR count). The molecule has 0 unspecified atom stereocenters. The topological polar surface area (TPSA) is 21.3 Å². The maximum Gasteiger partial charge on any atom is 0.124 e. The highest BCUT2D eigenvalue weighted by Gasteiger charge is 2.11. The van der Waals surface area contributed by atoms with Crippen molar-refractivity contribution in [1.82, 2.24) is 5.32 Å². The minimum atomic E-state index is 0.420. The van der Waals surface area contributed by atoms with Crippen molar-refractivity contribution >= 4 is 10.8 Å². The monoisotopic (exact) mass is 409 g/mol. The first kappa shape index (κ1) is 21.1. The fourth-order valence-electron chi connectivity index (χ4n) is 3.97. The lowest BCUT2D eigenvalue weighted by Gasteiger charge is -2.19. The molecule has 0 aliphatic carbocycles. The van der Waals surface area contributed by atoms with Crippen LogP contribution in [0.25, 0.3) is 10.8 Å². The molecule has 31 heavy (non-hydrogen) atoms. The normalized spacial score (nSPS) is 12.1. The molecule has 0 saturated heterocycles. The summed E-state index contributed by atoms with van der Waals surface area (Å²) in [6.45, 7) is 5.78. The molecule has 1 N–H and O–H groups in total. The van der Waals surface area contributed by atoms with Gasteiger partial charge in [0.2, 0.25) is 0 Å². The molecule has 4 aromatic rings. The summed E-state index contributed by atoms with van der Waals surface area (Å²) in [5, 5.41) is 6.24. The van der Waals surface area contributed by atoms with Gasteiger partial charge in [-0.3, -0.25) is 0 Å². The zero-order valence-electron chi connectivity index (χ0n) is 18.5. The Labute approximate surface area is 185 Å². The molecule has 0 amide bonds. The summed E-state index contributed by atoms with van der Waals surface area (Å²) in [6.07, 6.45) is 2.19. The Bertz CT molecular complexity index is 1120. The van der Waals surface area contributed by atoms with E-state index in [-0.39, 0.29) is 0 Å². The zero-order chi connectivity index (χ0) is 21.5. The summed E-state index contributed by atoms with van der Waals surface area (Å²) >= 11 is 0. The molecule has 158 valence electrons. The number of fused-ring (bicyclic) bond motifs is 1. The molecule has 0 aliphatic rings. The van der Waals surface area contributed by atoms with E-state index in [0.29, 0.717) is 12.6 Å². The van der Waals surface area contributed by atoms with Crippen molar-refractivity contribution in [2.45, 2.75) is 45.9 Å². The van der Waals surface area contributed by atoms with Gasteiger partial charge in [0.25, 0.3) is 0 Å². The number of rotatable bonds is 9. The van der Waals surface area contributed by atoms with Crippen molar-refractivity contribution in [2.75, 3.05) is 0 Å². The minimum absolute atomic E-state index is 0.420. The minimum Gasteiger partial charge on any atom is -0.489 e. The van der Waals surface area contributed by atoms with E-state index in [0.717, 1.165) is 25.1 Å². The standard InChI is InChI=1S/C29H31NO/c1-22-10-6-7-14-26(22)21-31-29-19-18-25-13-8-9-15-27(25)28(29)20-30-23(2)16-17-24-11-4-3-5-12-24/h3-15,18-19,23,30H,16-17,20-21H2,1-2H3/t23-/m0/s1. The van der Waals surface area contributed by atoms with Crippen LogP contribution in [0, 0.1) is 6.92 Å². The fourth-order valence-corrected chi connectivity index (χ4v) is 3.97. The molecule has 2 heteroatoms. The fraction of sp³-hybridized carbons (Fsp3) is 0.241. The third-order valence-corrected chi connectivity index (χ3v) is 5.98. The highest BCUT2D eigenvalue weighted by molar-refractivity contribution is 5.87. The van der Waals surface area contributed by atoms with Crippen LogP contribution in [0.3, 0.4) is 0 Å². The molecular formula is C29H31NO. The van der Waals surface area contributed by atoms with E-state index in [9.17, 15) is 0 Å². The van der Waals surface area contributed by atoms with Crippen LogP contribution in [0.4, 0.5) is 0 Å². The number of ether oxygens (including phenoxy) is 1. The Hall–Kier alpha value is -3.10. The number of benzene rings is 4. The lowest BCUT2D eigenvalue weighted by atomic mass is 10.0. The summed E-state index contributed by atoms with van der Waals surface area (Å²) in [7, 11) is 0. The van der Waals surface area contributed by atoms with Gasteiger partial charge in [0.15, 0.2) is 0 Å². The summed E-state index contributed by atoms with van der Waals surface area (Å²) < 4.78 is 6.33. The molecular weight excluding hydrogens is 378 g/mol. The van der Waals surface area contributed by atoms with E-state index < -0.39 is 0 Å². The van der Waals surface area contributed by atoms with E-state index in [1.165, 1.54) is 33.0 Å². The number of nitrogens with one attached hydrogen (secondary N) is 1. The second-order valence-corrected chi connectivity index (χ2v) is 8.28. The number of aryl methyl sites for hydroxylation is 2. The van der Waals surface area contributed by atoms with Crippen LogP contribution in [-0.2, 0) is 19.6 Å². The van der Waals surface area contributed by atoms with Gasteiger partial charge in [-0.1, -0.05) is 84.9 Å². The van der Waals surface area contributed by atoms with E-state index in [1.54, 1.807) is 0 Å². The molecule has 0 heterocycles. The summed E-state index contributed by atoms with van der Waals surface area (Å²) in [5.41, 5.74) is 5.12. The van der Waals surface area contributed by atoms with E-state index in [1.807, 2.05) is 0 Å². The second kappa shape index (κ2) is 10.3. The van der Waals surface area contributed by atoms with Crippen LogP contribution in [0.15, 0.2) is 91.0 Å². The first-order valence-corrected chi connectivity index (χ1v) is 11.2. The van der Waals surface area contributed by atoms with Gasteiger partial charge in [0.1, 0.15) is 12.4 Å². The Balaban J connectivity index is 1.48. The van der Waals surface area contributed by atoms with Crippen molar-refractivity contribution in [2.24, 2.45) is 0 Å². The Morgan fingerprint density at radius 1 is 0.806 bits per heavy atom. The molecule has 0 aliphatic heterocycles. The lowest BCUT2D eigenvalue weighted by Crippen LogP contribution is -2.26. The zero-order valence-corrected chi connectivity index (χ0v) is 18.5. The third-order valence-electron chi connectivity index (χ3n) is 5.98. The Morgan fingerprint density at radius 2 is 1.55 bits per heavy atom. The molecule has 2 nitrogen and oxygen atoms in total. The van der Waals surface area contributed by atoms with Crippen LogP contribution in [0.5, 0.6) is 5.75 Å². The van der Waals surface area contributed by atoms with Crippen LogP contribution in [-0.4, -0.2) is 6.04 Å². The molecule has 0 spiro atoms. The summed E-state index contributed by atoms with van der Waals surface area (Å²) in [5.74, 6) is 0.963. The van der Waals surface area contributed by atoms with Crippen molar-refractivity contribution in [1.29, 1.82) is 0 Å². The van der Waals surface area contributed by atoms with Crippen molar-refractivity contribution < 1.29 is 4.74 Å².